The van der Waals surface area contributed by atoms with Crippen LogP contribution in [0.2, 0.25) is 0 Å². The number of aliphatic carboxylic acids is 1. The standard InChI is InChI=1S/C17H23NO3/c1-3-13(2)16(17(20)21)18-15(19)12-8-7-11-14-9-5-4-6-10-14/h4-7,9-11,13,16H,3,8,12H2,1-2H3,(H,18,19)(H,20,21)/b11-7+/t13-,16-/m0/s1. The Balaban J connectivity index is 2.39. The van der Waals surface area contributed by atoms with Gasteiger partial charge in [0.1, 0.15) is 6.04 Å². The smallest absolute Gasteiger partial charge is 0.326 e. The second-order valence-electron chi connectivity index (χ2n) is 5.12. The Hall–Kier alpha value is -2.10. The maximum atomic E-state index is 11.8. The monoisotopic (exact) mass is 289 g/mol. The number of carboxylic acid groups (broad SMARTS) is 1. The van der Waals surface area contributed by atoms with Gasteiger partial charge >= 0.3 is 5.97 Å². The highest BCUT2D eigenvalue weighted by Gasteiger charge is 2.24. The van der Waals surface area contributed by atoms with Crippen LogP contribution in [0.25, 0.3) is 6.08 Å². The minimum absolute atomic E-state index is 0.0775. The van der Waals surface area contributed by atoms with Gasteiger partial charge in [-0.15, -0.1) is 0 Å². The summed E-state index contributed by atoms with van der Waals surface area (Å²) in [6.45, 7) is 3.74. The van der Waals surface area contributed by atoms with Crippen molar-refractivity contribution < 1.29 is 14.7 Å². The van der Waals surface area contributed by atoms with Gasteiger partial charge in [0.2, 0.25) is 5.91 Å². The third-order valence-electron chi connectivity index (χ3n) is 3.44. The number of amides is 1. The van der Waals surface area contributed by atoms with E-state index in [1.54, 1.807) is 0 Å². The van der Waals surface area contributed by atoms with Crippen LogP contribution < -0.4 is 5.32 Å². The Bertz CT molecular complexity index is 482. The Morgan fingerprint density at radius 3 is 2.52 bits per heavy atom. The molecule has 21 heavy (non-hydrogen) atoms. The number of carbonyl (C=O) groups is 2. The summed E-state index contributed by atoms with van der Waals surface area (Å²) >= 11 is 0. The van der Waals surface area contributed by atoms with Gasteiger partial charge < -0.3 is 10.4 Å². The molecule has 0 aliphatic heterocycles. The number of rotatable bonds is 8. The van der Waals surface area contributed by atoms with Crippen molar-refractivity contribution in [2.45, 2.75) is 39.2 Å². The quantitative estimate of drug-likeness (QED) is 0.773. The summed E-state index contributed by atoms with van der Waals surface area (Å²) in [4.78, 5) is 22.9. The molecule has 0 saturated carbocycles. The summed E-state index contributed by atoms with van der Waals surface area (Å²) in [5, 5.41) is 11.7. The third kappa shape index (κ3) is 6.25. The molecular weight excluding hydrogens is 266 g/mol. The third-order valence-corrected chi connectivity index (χ3v) is 3.44. The van der Waals surface area contributed by atoms with Crippen molar-refractivity contribution in [3.05, 3.63) is 42.0 Å². The Morgan fingerprint density at radius 2 is 1.95 bits per heavy atom. The second-order valence-corrected chi connectivity index (χ2v) is 5.12. The molecule has 0 saturated heterocycles. The van der Waals surface area contributed by atoms with E-state index < -0.39 is 12.0 Å². The van der Waals surface area contributed by atoms with Crippen molar-refractivity contribution in [2.24, 2.45) is 5.92 Å². The molecule has 1 aromatic rings. The number of benzene rings is 1. The normalized spacial score (nSPS) is 13.8. The van der Waals surface area contributed by atoms with Gasteiger partial charge in [-0.25, -0.2) is 4.79 Å². The molecule has 0 spiro atoms. The summed E-state index contributed by atoms with van der Waals surface area (Å²) in [6, 6.07) is 9.03. The molecule has 0 heterocycles. The predicted molar refractivity (Wildman–Crippen MR) is 83.7 cm³/mol. The largest absolute Gasteiger partial charge is 0.480 e. The molecule has 2 N–H and O–H groups in total. The molecule has 0 fully saturated rings. The molecule has 4 heteroatoms. The average molecular weight is 289 g/mol. The first-order valence-electron chi connectivity index (χ1n) is 7.28. The zero-order chi connectivity index (χ0) is 15.7. The minimum Gasteiger partial charge on any atom is -0.480 e. The highest BCUT2D eigenvalue weighted by atomic mass is 16.4. The fraction of sp³-hybridized carbons (Fsp3) is 0.412. The van der Waals surface area contributed by atoms with Crippen LogP contribution in [0.3, 0.4) is 0 Å². The summed E-state index contributed by atoms with van der Waals surface area (Å²) in [6.07, 6.45) is 5.48. The highest BCUT2D eigenvalue weighted by molar-refractivity contribution is 5.83. The van der Waals surface area contributed by atoms with Crippen molar-refractivity contribution in [1.82, 2.24) is 5.32 Å². The van der Waals surface area contributed by atoms with E-state index >= 15 is 0 Å². The van der Waals surface area contributed by atoms with E-state index in [4.69, 9.17) is 5.11 Å². The molecule has 0 bridgehead atoms. The van der Waals surface area contributed by atoms with Gasteiger partial charge in [-0.05, 0) is 17.9 Å². The molecule has 2 atom stereocenters. The zero-order valence-electron chi connectivity index (χ0n) is 12.6. The molecule has 0 unspecified atom stereocenters. The molecule has 0 aromatic heterocycles. The summed E-state index contributed by atoms with van der Waals surface area (Å²) < 4.78 is 0. The van der Waals surface area contributed by atoms with Crippen molar-refractivity contribution in [3.8, 4) is 0 Å². The molecule has 114 valence electrons. The van der Waals surface area contributed by atoms with Crippen LogP contribution in [0.4, 0.5) is 0 Å². The lowest BCUT2D eigenvalue weighted by Gasteiger charge is -2.19. The van der Waals surface area contributed by atoms with Crippen LogP contribution in [-0.2, 0) is 9.59 Å². The fourth-order valence-electron chi connectivity index (χ4n) is 1.93. The number of allylic oxidation sites excluding steroid dienone is 1. The van der Waals surface area contributed by atoms with E-state index in [0.29, 0.717) is 19.3 Å². The van der Waals surface area contributed by atoms with Crippen LogP contribution >= 0.6 is 0 Å². The molecule has 0 radical (unpaired) electrons. The first-order valence-corrected chi connectivity index (χ1v) is 7.28. The van der Waals surface area contributed by atoms with E-state index in [1.807, 2.05) is 56.3 Å². The maximum Gasteiger partial charge on any atom is 0.326 e. The number of hydrogen-bond acceptors (Lipinski definition) is 2. The number of carbonyl (C=O) groups excluding carboxylic acids is 1. The minimum atomic E-state index is -0.975. The van der Waals surface area contributed by atoms with E-state index in [2.05, 4.69) is 5.32 Å². The van der Waals surface area contributed by atoms with Gasteiger partial charge in [-0.1, -0.05) is 62.8 Å². The van der Waals surface area contributed by atoms with Crippen LogP contribution in [0.1, 0.15) is 38.7 Å². The van der Waals surface area contributed by atoms with E-state index in [1.165, 1.54) is 0 Å². The Morgan fingerprint density at radius 1 is 1.29 bits per heavy atom. The van der Waals surface area contributed by atoms with Gasteiger partial charge in [0.05, 0.1) is 0 Å². The molecule has 1 amide bonds. The molecule has 0 aliphatic carbocycles. The van der Waals surface area contributed by atoms with Crippen molar-refractivity contribution in [1.29, 1.82) is 0 Å². The predicted octanol–water partition coefficient (Wildman–Crippen LogP) is 3.10. The van der Waals surface area contributed by atoms with Crippen LogP contribution in [0.5, 0.6) is 0 Å². The Labute approximate surface area is 125 Å². The SMILES string of the molecule is CC[C@H](C)[C@H](NC(=O)CC/C=C/c1ccccc1)C(=O)O. The van der Waals surface area contributed by atoms with Crippen LogP contribution in [0.15, 0.2) is 36.4 Å². The van der Waals surface area contributed by atoms with Gasteiger partial charge in [-0.2, -0.15) is 0 Å². The lowest BCUT2D eigenvalue weighted by atomic mass is 9.99. The number of carboxylic acids is 1. The average Bonchev–Trinajstić information content (AvgIpc) is 2.49. The van der Waals surface area contributed by atoms with Crippen LogP contribution in [-0.4, -0.2) is 23.0 Å². The van der Waals surface area contributed by atoms with E-state index in [0.717, 1.165) is 5.56 Å². The maximum absolute atomic E-state index is 11.8. The highest BCUT2D eigenvalue weighted by Crippen LogP contribution is 2.09. The number of nitrogens with one attached hydrogen (secondary N) is 1. The molecule has 1 rings (SSSR count). The zero-order valence-corrected chi connectivity index (χ0v) is 12.6. The number of hydrogen-bond donors (Lipinski definition) is 2. The first kappa shape index (κ1) is 17.0. The molecule has 0 aliphatic rings. The molecular formula is C17H23NO3. The summed E-state index contributed by atoms with van der Waals surface area (Å²) in [5.41, 5.74) is 1.08. The summed E-state index contributed by atoms with van der Waals surface area (Å²) in [5.74, 6) is -1.27. The molecule has 4 nitrogen and oxygen atoms in total. The van der Waals surface area contributed by atoms with Crippen LogP contribution in [0, 0.1) is 5.92 Å². The van der Waals surface area contributed by atoms with Gasteiger partial charge in [0.25, 0.3) is 0 Å². The second kappa shape index (κ2) is 8.95. The van der Waals surface area contributed by atoms with Crippen molar-refractivity contribution in [3.63, 3.8) is 0 Å². The topological polar surface area (TPSA) is 66.4 Å². The van der Waals surface area contributed by atoms with Crippen molar-refractivity contribution in [2.75, 3.05) is 0 Å². The van der Waals surface area contributed by atoms with Gasteiger partial charge in [-0.3, -0.25) is 4.79 Å². The van der Waals surface area contributed by atoms with E-state index in [9.17, 15) is 9.59 Å². The fourth-order valence-corrected chi connectivity index (χ4v) is 1.93. The molecule has 1 aromatic carbocycles. The summed E-state index contributed by atoms with van der Waals surface area (Å²) in [7, 11) is 0. The Kier molecular flexibility index (Phi) is 7.23. The van der Waals surface area contributed by atoms with E-state index in [-0.39, 0.29) is 11.8 Å². The lowest BCUT2D eigenvalue weighted by molar-refractivity contribution is -0.143. The van der Waals surface area contributed by atoms with Crippen molar-refractivity contribution >= 4 is 18.0 Å². The van der Waals surface area contributed by atoms with Gasteiger partial charge in [0.15, 0.2) is 0 Å². The first-order chi connectivity index (χ1) is 10.0. The lowest BCUT2D eigenvalue weighted by Crippen LogP contribution is -2.44. The van der Waals surface area contributed by atoms with Gasteiger partial charge in [0, 0.05) is 6.42 Å².